The van der Waals surface area contributed by atoms with Gasteiger partial charge in [0.15, 0.2) is 0 Å². The van der Waals surface area contributed by atoms with E-state index in [9.17, 15) is 0 Å². The molecule has 0 atom stereocenters. The van der Waals surface area contributed by atoms with Crippen molar-refractivity contribution in [3.05, 3.63) is 47.3 Å². The Morgan fingerprint density at radius 3 is 2.58 bits per heavy atom. The monoisotopic (exact) mass is 258 g/mol. The van der Waals surface area contributed by atoms with E-state index in [-0.39, 0.29) is 0 Å². The van der Waals surface area contributed by atoms with E-state index in [1.807, 2.05) is 16.8 Å². The van der Waals surface area contributed by atoms with Gasteiger partial charge in [-0.2, -0.15) is 5.10 Å². The van der Waals surface area contributed by atoms with Gasteiger partial charge in [-0.1, -0.05) is 32.0 Å². The molecule has 0 unspecified atom stereocenters. The molecule has 0 aliphatic heterocycles. The first-order chi connectivity index (χ1) is 9.28. The average molecular weight is 258 g/mol. The topological polar surface area (TPSA) is 27.1 Å². The van der Waals surface area contributed by atoms with Crippen molar-refractivity contribution in [2.24, 2.45) is 0 Å². The van der Waals surface area contributed by atoms with Gasteiger partial charge in [0, 0.05) is 6.54 Å². The van der Waals surface area contributed by atoms with Crippen LogP contribution in [0.25, 0.3) is 0 Å². The Balaban J connectivity index is 2.11. The molecule has 0 N–H and O–H groups in total. The summed E-state index contributed by atoms with van der Waals surface area (Å²) in [5.41, 5.74) is 3.52. The standard InChI is InChI=1S/C16H22N2O/c1-4-13-9-7-8-10-16(13)19-12-15-11-14(5-2)17-18(15)6-3/h7-11H,4-6,12H2,1-3H3. The summed E-state index contributed by atoms with van der Waals surface area (Å²) in [7, 11) is 0. The second kappa shape index (κ2) is 6.41. The minimum atomic E-state index is 0.581. The molecule has 102 valence electrons. The number of hydrogen-bond acceptors (Lipinski definition) is 2. The molecule has 0 aliphatic carbocycles. The van der Waals surface area contributed by atoms with Crippen molar-refractivity contribution in [2.45, 2.75) is 46.8 Å². The van der Waals surface area contributed by atoms with Gasteiger partial charge in [0.2, 0.25) is 0 Å². The van der Waals surface area contributed by atoms with Gasteiger partial charge in [-0.05, 0) is 37.5 Å². The van der Waals surface area contributed by atoms with Gasteiger partial charge in [0.05, 0.1) is 11.4 Å². The summed E-state index contributed by atoms with van der Waals surface area (Å²) in [6.45, 7) is 7.84. The highest BCUT2D eigenvalue weighted by atomic mass is 16.5. The maximum Gasteiger partial charge on any atom is 0.130 e. The highest BCUT2D eigenvalue weighted by Crippen LogP contribution is 2.20. The van der Waals surface area contributed by atoms with Crippen LogP contribution in [-0.4, -0.2) is 9.78 Å². The van der Waals surface area contributed by atoms with Crippen molar-refractivity contribution in [2.75, 3.05) is 0 Å². The van der Waals surface area contributed by atoms with Crippen molar-refractivity contribution in [3.63, 3.8) is 0 Å². The van der Waals surface area contributed by atoms with Crippen LogP contribution in [0.1, 0.15) is 37.7 Å². The maximum absolute atomic E-state index is 5.95. The Bertz CT molecular complexity index is 531. The zero-order chi connectivity index (χ0) is 13.7. The van der Waals surface area contributed by atoms with E-state index < -0.39 is 0 Å². The minimum absolute atomic E-state index is 0.581. The summed E-state index contributed by atoms with van der Waals surface area (Å²) in [6, 6.07) is 10.4. The predicted octanol–water partition coefficient (Wildman–Crippen LogP) is 3.61. The number of nitrogens with zero attached hydrogens (tertiary/aromatic N) is 2. The van der Waals surface area contributed by atoms with E-state index in [1.54, 1.807) is 0 Å². The highest BCUT2D eigenvalue weighted by molar-refractivity contribution is 5.33. The largest absolute Gasteiger partial charge is 0.487 e. The van der Waals surface area contributed by atoms with Gasteiger partial charge in [0.25, 0.3) is 0 Å². The summed E-state index contributed by atoms with van der Waals surface area (Å²) < 4.78 is 7.97. The van der Waals surface area contributed by atoms with Gasteiger partial charge in [-0.15, -0.1) is 0 Å². The zero-order valence-electron chi connectivity index (χ0n) is 12.0. The number of hydrogen-bond donors (Lipinski definition) is 0. The van der Waals surface area contributed by atoms with E-state index in [1.165, 1.54) is 5.56 Å². The van der Waals surface area contributed by atoms with E-state index >= 15 is 0 Å². The molecule has 3 heteroatoms. The van der Waals surface area contributed by atoms with Crippen LogP contribution in [0.2, 0.25) is 0 Å². The Labute approximate surface area is 115 Å². The van der Waals surface area contributed by atoms with Gasteiger partial charge in [-0.3, -0.25) is 4.68 Å². The maximum atomic E-state index is 5.95. The molecule has 0 bridgehead atoms. The summed E-state index contributed by atoms with van der Waals surface area (Å²) in [5.74, 6) is 0.979. The molecule has 0 saturated carbocycles. The summed E-state index contributed by atoms with van der Waals surface area (Å²) in [5, 5.41) is 4.54. The Morgan fingerprint density at radius 2 is 1.89 bits per heavy atom. The van der Waals surface area contributed by atoms with Crippen LogP contribution in [0.15, 0.2) is 30.3 Å². The zero-order valence-corrected chi connectivity index (χ0v) is 12.0. The molecule has 1 aromatic carbocycles. The van der Waals surface area contributed by atoms with E-state index in [0.717, 1.165) is 36.5 Å². The number of ether oxygens (including phenoxy) is 1. The lowest BCUT2D eigenvalue weighted by Gasteiger charge is -2.10. The van der Waals surface area contributed by atoms with Crippen molar-refractivity contribution >= 4 is 0 Å². The number of para-hydroxylation sites is 1. The third-order valence-electron chi connectivity index (χ3n) is 3.30. The summed E-state index contributed by atoms with van der Waals surface area (Å²) in [6.07, 6.45) is 1.95. The summed E-state index contributed by atoms with van der Waals surface area (Å²) in [4.78, 5) is 0. The molecule has 0 spiro atoms. The fraction of sp³-hybridized carbons (Fsp3) is 0.438. The van der Waals surface area contributed by atoms with Crippen LogP contribution in [0.5, 0.6) is 5.75 Å². The molecule has 1 aromatic heterocycles. The van der Waals surface area contributed by atoms with E-state index in [0.29, 0.717) is 6.61 Å². The average Bonchev–Trinajstić information content (AvgIpc) is 2.87. The van der Waals surface area contributed by atoms with Crippen molar-refractivity contribution in [3.8, 4) is 5.75 Å². The van der Waals surface area contributed by atoms with Gasteiger partial charge in [-0.25, -0.2) is 0 Å². The normalized spacial score (nSPS) is 10.7. The van der Waals surface area contributed by atoms with E-state index in [2.05, 4.69) is 44.1 Å². The molecule has 2 aromatic rings. The highest BCUT2D eigenvalue weighted by Gasteiger charge is 2.07. The van der Waals surface area contributed by atoms with Crippen LogP contribution in [0.3, 0.4) is 0 Å². The second-order valence-electron chi connectivity index (χ2n) is 4.55. The lowest BCUT2D eigenvalue weighted by atomic mass is 10.1. The second-order valence-corrected chi connectivity index (χ2v) is 4.55. The number of aryl methyl sites for hydroxylation is 3. The summed E-state index contributed by atoms with van der Waals surface area (Å²) >= 11 is 0. The number of aromatic nitrogens is 2. The first-order valence-corrected chi connectivity index (χ1v) is 7.04. The van der Waals surface area contributed by atoms with Crippen LogP contribution < -0.4 is 4.74 Å². The van der Waals surface area contributed by atoms with Crippen molar-refractivity contribution < 1.29 is 4.74 Å². The molecular weight excluding hydrogens is 236 g/mol. The number of rotatable bonds is 6. The lowest BCUT2D eigenvalue weighted by Crippen LogP contribution is -2.06. The Morgan fingerprint density at radius 1 is 1.11 bits per heavy atom. The fourth-order valence-electron chi connectivity index (χ4n) is 2.17. The smallest absolute Gasteiger partial charge is 0.130 e. The van der Waals surface area contributed by atoms with Crippen molar-refractivity contribution in [1.29, 1.82) is 0 Å². The van der Waals surface area contributed by atoms with Crippen molar-refractivity contribution in [1.82, 2.24) is 9.78 Å². The fourth-order valence-corrected chi connectivity index (χ4v) is 2.17. The first kappa shape index (κ1) is 13.7. The SMILES string of the molecule is CCc1cc(COc2ccccc2CC)n(CC)n1. The molecule has 0 aliphatic rings. The molecular formula is C16H22N2O. The molecule has 0 saturated heterocycles. The van der Waals surface area contributed by atoms with Crippen LogP contribution in [0, 0.1) is 0 Å². The molecule has 1 heterocycles. The minimum Gasteiger partial charge on any atom is -0.487 e. The van der Waals surface area contributed by atoms with Gasteiger partial charge in [0.1, 0.15) is 12.4 Å². The Hall–Kier alpha value is -1.77. The Kier molecular flexibility index (Phi) is 4.61. The van der Waals surface area contributed by atoms with Crippen LogP contribution in [-0.2, 0) is 26.0 Å². The molecule has 3 nitrogen and oxygen atoms in total. The van der Waals surface area contributed by atoms with Crippen LogP contribution in [0.4, 0.5) is 0 Å². The quantitative estimate of drug-likeness (QED) is 0.791. The lowest BCUT2D eigenvalue weighted by molar-refractivity contribution is 0.289. The first-order valence-electron chi connectivity index (χ1n) is 7.04. The molecule has 0 radical (unpaired) electrons. The van der Waals surface area contributed by atoms with Gasteiger partial charge < -0.3 is 4.74 Å². The third-order valence-corrected chi connectivity index (χ3v) is 3.30. The predicted molar refractivity (Wildman–Crippen MR) is 77.4 cm³/mol. The van der Waals surface area contributed by atoms with E-state index in [4.69, 9.17) is 4.74 Å². The third kappa shape index (κ3) is 3.16. The van der Waals surface area contributed by atoms with Gasteiger partial charge >= 0.3 is 0 Å². The molecule has 19 heavy (non-hydrogen) atoms. The molecule has 0 fully saturated rings. The van der Waals surface area contributed by atoms with Crippen LogP contribution >= 0.6 is 0 Å². The molecule has 2 rings (SSSR count). The molecule has 0 amide bonds. The number of benzene rings is 1.